The molecule has 0 fully saturated rings. The first-order valence-electron chi connectivity index (χ1n) is 4.86. The van der Waals surface area contributed by atoms with Crippen molar-refractivity contribution in [1.29, 1.82) is 0 Å². The third-order valence-corrected chi connectivity index (χ3v) is 3.79. The molecule has 7 nitrogen and oxygen atoms in total. The fourth-order valence-electron chi connectivity index (χ4n) is 1.38. The van der Waals surface area contributed by atoms with Gasteiger partial charge in [0.25, 0.3) is 0 Å². The maximum Gasteiger partial charge on any atom is 0.335 e. The van der Waals surface area contributed by atoms with Crippen LogP contribution in [0.15, 0.2) is 23.1 Å². The second-order valence-electron chi connectivity index (χ2n) is 3.52. The summed E-state index contributed by atoms with van der Waals surface area (Å²) in [4.78, 5) is 21.2. The van der Waals surface area contributed by atoms with Crippen LogP contribution in [0.5, 0.6) is 0 Å². The third-order valence-electron chi connectivity index (χ3n) is 2.24. The molecule has 0 aliphatic heterocycles. The number of sulfonamides is 1. The summed E-state index contributed by atoms with van der Waals surface area (Å²) in [5, 5.41) is 8.88. The van der Waals surface area contributed by atoms with Gasteiger partial charge in [-0.15, -0.1) is 0 Å². The number of carboxylic acid groups (broad SMARTS) is 1. The molecule has 8 heteroatoms. The van der Waals surface area contributed by atoms with Crippen molar-refractivity contribution in [1.82, 2.24) is 4.72 Å². The first kappa shape index (κ1) is 14.1. The Bertz CT molecular complexity index is 594. The lowest BCUT2D eigenvalue weighted by Crippen LogP contribution is -2.33. The highest BCUT2D eigenvalue weighted by Crippen LogP contribution is 2.18. The van der Waals surface area contributed by atoms with Crippen LogP contribution in [0, 0.1) is 6.92 Å². The van der Waals surface area contributed by atoms with Crippen LogP contribution >= 0.6 is 0 Å². The molecular formula is C10H12N2O5S. The number of primary amides is 1. The Morgan fingerprint density at radius 2 is 2.00 bits per heavy atom. The van der Waals surface area contributed by atoms with Crippen molar-refractivity contribution >= 4 is 21.9 Å². The average molecular weight is 272 g/mol. The minimum Gasteiger partial charge on any atom is -0.478 e. The van der Waals surface area contributed by atoms with E-state index in [1.54, 1.807) is 0 Å². The van der Waals surface area contributed by atoms with Crippen LogP contribution in [-0.4, -0.2) is 31.9 Å². The molecule has 0 aliphatic carbocycles. The van der Waals surface area contributed by atoms with Crippen LogP contribution < -0.4 is 10.5 Å². The van der Waals surface area contributed by atoms with Crippen LogP contribution in [0.1, 0.15) is 15.9 Å². The van der Waals surface area contributed by atoms with Gasteiger partial charge in [0, 0.05) is 0 Å². The quantitative estimate of drug-likeness (QED) is 0.663. The molecule has 98 valence electrons. The maximum atomic E-state index is 11.8. The SMILES string of the molecule is Cc1c(C(=O)O)cccc1S(=O)(=O)NCC(N)=O. The molecule has 1 aromatic carbocycles. The molecule has 1 amide bonds. The molecule has 0 aromatic heterocycles. The second-order valence-corrected chi connectivity index (χ2v) is 5.26. The van der Waals surface area contributed by atoms with E-state index in [9.17, 15) is 18.0 Å². The molecule has 0 saturated carbocycles. The first-order chi connectivity index (χ1) is 8.25. The number of nitrogens with one attached hydrogen (secondary N) is 1. The number of hydrogen-bond donors (Lipinski definition) is 3. The molecule has 4 N–H and O–H groups in total. The minimum absolute atomic E-state index is 0.0990. The fourth-order valence-corrected chi connectivity index (χ4v) is 2.64. The average Bonchev–Trinajstić information content (AvgIpc) is 2.26. The van der Waals surface area contributed by atoms with E-state index >= 15 is 0 Å². The minimum atomic E-state index is -3.96. The highest BCUT2D eigenvalue weighted by atomic mass is 32.2. The van der Waals surface area contributed by atoms with Gasteiger partial charge in [-0.1, -0.05) is 6.07 Å². The van der Waals surface area contributed by atoms with E-state index in [0.717, 1.165) is 0 Å². The first-order valence-corrected chi connectivity index (χ1v) is 6.35. The normalized spacial score (nSPS) is 11.2. The smallest absolute Gasteiger partial charge is 0.335 e. The van der Waals surface area contributed by atoms with E-state index in [-0.39, 0.29) is 16.0 Å². The Morgan fingerprint density at radius 3 is 2.50 bits per heavy atom. The molecule has 0 spiro atoms. The monoisotopic (exact) mass is 272 g/mol. The summed E-state index contributed by atoms with van der Waals surface area (Å²) < 4.78 is 25.6. The molecular weight excluding hydrogens is 260 g/mol. The summed E-state index contributed by atoms with van der Waals surface area (Å²) in [6.45, 7) is 0.835. The molecule has 0 aliphatic rings. The van der Waals surface area contributed by atoms with Crippen molar-refractivity contribution < 1.29 is 23.1 Å². The van der Waals surface area contributed by atoms with Crippen LogP contribution in [0.2, 0.25) is 0 Å². The van der Waals surface area contributed by atoms with Gasteiger partial charge in [0.05, 0.1) is 17.0 Å². The molecule has 0 saturated heterocycles. The van der Waals surface area contributed by atoms with Crippen molar-refractivity contribution in [3.8, 4) is 0 Å². The number of amides is 1. The number of carbonyl (C=O) groups is 2. The molecule has 0 unspecified atom stereocenters. The summed E-state index contributed by atoms with van der Waals surface area (Å²) in [6, 6.07) is 3.87. The second kappa shape index (κ2) is 5.15. The van der Waals surface area contributed by atoms with E-state index < -0.39 is 28.4 Å². The van der Waals surface area contributed by atoms with Gasteiger partial charge in [-0.05, 0) is 24.6 Å². The highest BCUT2D eigenvalue weighted by molar-refractivity contribution is 7.89. The summed E-state index contributed by atoms with van der Waals surface area (Å²) in [7, 11) is -3.96. The zero-order valence-electron chi connectivity index (χ0n) is 9.50. The van der Waals surface area contributed by atoms with Crippen molar-refractivity contribution in [2.45, 2.75) is 11.8 Å². The predicted molar refractivity (Wildman–Crippen MR) is 62.5 cm³/mol. The Morgan fingerprint density at radius 1 is 1.39 bits per heavy atom. The number of rotatable bonds is 5. The molecule has 0 radical (unpaired) electrons. The third kappa shape index (κ3) is 3.05. The summed E-state index contributed by atoms with van der Waals surface area (Å²) in [5.41, 5.74) is 4.82. The number of hydrogen-bond acceptors (Lipinski definition) is 4. The number of nitrogens with two attached hydrogens (primary N) is 1. The van der Waals surface area contributed by atoms with Crippen LogP contribution in [-0.2, 0) is 14.8 Å². The van der Waals surface area contributed by atoms with Crippen LogP contribution in [0.4, 0.5) is 0 Å². The maximum absolute atomic E-state index is 11.8. The molecule has 1 aromatic rings. The van der Waals surface area contributed by atoms with E-state index in [2.05, 4.69) is 0 Å². The van der Waals surface area contributed by atoms with Gasteiger partial charge in [0.15, 0.2) is 0 Å². The van der Waals surface area contributed by atoms with Gasteiger partial charge in [0.1, 0.15) is 0 Å². The van der Waals surface area contributed by atoms with Gasteiger partial charge in [-0.3, -0.25) is 4.79 Å². The van der Waals surface area contributed by atoms with E-state index in [1.165, 1.54) is 25.1 Å². The summed E-state index contributed by atoms with van der Waals surface area (Å²) in [5.74, 6) is -2.05. The Kier molecular flexibility index (Phi) is 4.04. The van der Waals surface area contributed by atoms with Gasteiger partial charge in [0.2, 0.25) is 15.9 Å². The predicted octanol–water partition coefficient (Wildman–Crippen LogP) is -0.543. The van der Waals surface area contributed by atoms with Crippen molar-refractivity contribution in [3.63, 3.8) is 0 Å². The standard InChI is InChI=1S/C10H12N2O5S/c1-6-7(10(14)15)3-2-4-8(6)18(16,17)12-5-9(11)13/h2-4,12H,5H2,1H3,(H2,11,13)(H,14,15). The van der Waals surface area contributed by atoms with Crippen molar-refractivity contribution in [2.24, 2.45) is 5.73 Å². The lowest BCUT2D eigenvalue weighted by atomic mass is 10.1. The number of carbonyl (C=O) groups excluding carboxylic acids is 1. The number of benzene rings is 1. The van der Waals surface area contributed by atoms with E-state index in [1.807, 2.05) is 4.72 Å². The lowest BCUT2D eigenvalue weighted by molar-refractivity contribution is -0.116. The Balaban J connectivity index is 3.21. The van der Waals surface area contributed by atoms with E-state index in [0.29, 0.717) is 0 Å². The topological polar surface area (TPSA) is 127 Å². The van der Waals surface area contributed by atoms with Crippen LogP contribution in [0.25, 0.3) is 0 Å². The number of aromatic carboxylic acids is 1. The largest absolute Gasteiger partial charge is 0.478 e. The Labute approximate surface area is 104 Å². The molecule has 0 heterocycles. The Hall–Kier alpha value is -1.93. The fraction of sp³-hybridized carbons (Fsp3) is 0.200. The lowest BCUT2D eigenvalue weighted by Gasteiger charge is -2.09. The molecule has 0 bridgehead atoms. The highest BCUT2D eigenvalue weighted by Gasteiger charge is 2.20. The zero-order valence-corrected chi connectivity index (χ0v) is 10.3. The van der Waals surface area contributed by atoms with E-state index in [4.69, 9.17) is 10.8 Å². The number of carboxylic acids is 1. The molecule has 1 rings (SSSR count). The van der Waals surface area contributed by atoms with Gasteiger partial charge in [-0.2, -0.15) is 0 Å². The molecule has 18 heavy (non-hydrogen) atoms. The van der Waals surface area contributed by atoms with Gasteiger partial charge >= 0.3 is 5.97 Å². The van der Waals surface area contributed by atoms with Crippen molar-refractivity contribution in [3.05, 3.63) is 29.3 Å². The zero-order chi connectivity index (χ0) is 13.9. The van der Waals surface area contributed by atoms with Gasteiger partial charge in [-0.25, -0.2) is 17.9 Å². The summed E-state index contributed by atoms with van der Waals surface area (Å²) in [6.07, 6.45) is 0. The van der Waals surface area contributed by atoms with Gasteiger partial charge < -0.3 is 10.8 Å². The van der Waals surface area contributed by atoms with Crippen LogP contribution in [0.3, 0.4) is 0 Å². The summed E-state index contributed by atoms with van der Waals surface area (Å²) >= 11 is 0. The molecule has 0 atom stereocenters. The van der Waals surface area contributed by atoms with Crippen molar-refractivity contribution in [2.75, 3.05) is 6.54 Å².